The highest BCUT2D eigenvalue weighted by atomic mass is 16.5. The zero-order valence-corrected chi connectivity index (χ0v) is 19.8. The Balaban J connectivity index is 1.05. The number of ether oxygens (including phenoxy) is 1. The van der Waals surface area contributed by atoms with E-state index in [9.17, 15) is 15.2 Å². The van der Waals surface area contributed by atoms with Crippen LogP contribution in [0.15, 0.2) is 42.7 Å². The maximum absolute atomic E-state index is 12.9. The van der Waals surface area contributed by atoms with Crippen molar-refractivity contribution in [2.24, 2.45) is 0 Å². The lowest BCUT2D eigenvalue weighted by Crippen LogP contribution is -2.47. The maximum atomic E-state index is 12.9. The van der Waals surface area contributed by atoms with Crippen LogP contribution in [0, 0.1) is 11.3 Å². The van der Waals surface area contributed by atoms with Crippen LogP contribution in [0.2, 0.25) is 0 Å². The summed E-state index contributed by atoms with van der Waals surface area (Å²) in [6, 6.07) is 12.0. The fraction of sp³-hybridized carbons (Fsp3) is 0.444. The van der Waals surface area contributed by atoms with Gasteiger partial charge in [-0.05, 0) is 81.6 Å². The molecule has 180 valence electrons. The van der Waals surface area contributed by atoms with E-state index in [1.165, 1.54) is 0 Å². The van der Waals surface area contributed by atoms with Crippen molar-refractivity contribution in [1.82, 2.24) is 14.5 Å². The molecule has 3 aromatic rings. The summed E-state index contributed by atoms with van der Waals surface area (Å²) >= 11 is 0. The number of carbonyl (C=O) groups excluding carboxylic acids is 1. The SMILES string of the molecule is C[C@]1(O)C[C@@H](n2ccc3cc(OCCN4CCC5(CC4)C(=O)Nc4ccc(C#N)cc45)cnc32)C1. The Bertz CT molecular complexity index is 1340. The average molecular weight is 472 g/mol. The van der Waals surface area contributed by atoms with Gasteiger partial charge < -0.3 is 19.7 Å². The van der Waals surface area contributed by atoms with E-state index >= 15 is 0 Å². The highest BCUT2D eigenvalue weighted by Gasteiger charge is 2.48. The molecule has 2 N–H and O–H groups in total. The summed E-state index contributed by atoms with van der Waals surface area (Å²) in [5, 5.41) is 23.4. The number of fused-ring (bicyclic) bond motifs is 3. The van der Waals surface area contributed by atoms with E-state index < -0.39 is 11.0 Å². The minimum atomic E-state index is -0.567. The first-order valence-electron chi connectivity index (χ1n) is 12.3. The van der Waals surface area contributed by atoms with E-state index in [2.05, 4.69) is 31.9 Å². The molecule has 8 nitrogen and oxygen atoms in total. The molecule has 4 heterocycles. The third kappa shape index (κ3) is 3.76. The van der Waals surface area contributed by atoms with Crippen molar-refractivity contribution in [3.63, 3.8) is 0 Å². The van der Waals surface area contributed by atoms with Crippen molar-refractivity contribution < 1.29 is 14.6 Å². The lowest BCUT2D eigenvalue weighted by atomic mass is 9.73. The lowest BCUT2D eigenvalue weighted by Gasteiger charge is -2.41. The van der Waals surface area contributed by atoms with Crippen LogP contribution in [-0.2, 0) is 10.2 Å². The number of nitrogens with one attached hydrogen (secondary N) is 1. The summed E-state index contributed by atoms with van der Waals surface area (Å²) in [6.45, 7) is 4.81. The smallest absolute Gasteiger partial charge is 0.235 e. The highest BCUT2D eigenvalue weighted by molar-refractivity contribution is 6.06. The van der Waals surface area contributed by atoms with Gasteiger partial charge >= 0.3 is 0 Å². The lowest BCUT2D eigenvalue weighted by molar-refractivity contribution is -0.122. The van der Waals surface area contributed by atoms with Crippen LogP contribution in [0.4, 0.5) is 5.69 Å². The van der Waals surface area contributed by atoms with Crippen LogP contribution in [-0.4, -0.2) is 57.3 Å². The Labute approximate surface area is 204 Å². The van der Waals surface area contributed by atoms with Crippen LogP contribution in [0.5, 0.6) is 5.75 Å². The van der Waals surface area contributed by atoms with Crippen molar-refractivity contribution in [2.45, 2.75) is 49.7 Å². The van der Waals surface area contributed by atoms with E-state index in [0.29, 0.717) is 18.2 Å². The van der Waals surface area contributed by atoms with Gasteiger partial charge in [0.1, 0.15) is 18.0 Å². The van der Waals surface area contributed by atoms with Gasteiger partial charge in [-0.3, -0.25) is 9.69 Å². The number of aliphatic hydroxyl groups is 1. The molecule has 6 rings (SSSR count). The van der Waals surface area contributed by atoms with E-state index in [-0.39, 0.29) is 5.91 Å². The topological polar surface area (TPSA) is 103 Å². The van der Waals surface area contributed by atoms with Crippen molar-refractivity contribution in [2.75, 3.05) is 31.6 Å². The number of pyridine rings is 1. The first-order chi connectivity index (χ1) is 16.9. The fourth-order valence-corrected chi connectivity index (χ4v) is 5.98. The number of amides is 1. The van der Waals surface area contributed by atoms with Crippen LogP contribution < -0.4 is 10.1 Å². The molecule has 0 atom stereocenters. The predicted octanol–water partition coefficient (Wildman–Crippen LogP) is 3.36. The van der Waals surface area contributed by atoms with Gasteiger partial charge in [0.25, 0.3) is 0 Å². The first-order valence-corrected chi connectivity index (χ1v) is 12.3. The van der Waals surface area contributed by atoms with Crippen molar-refractivity contribution in [1.29, 1.82) is 5.26 Å². The number of hydrogen-bond donors (Lipinski definition) is 2. The number of hydrogen-bond acceptors (Lipinski definition) is 6. The molecule has 0 radical (unpaired) electrons. The van der Waals surface area contributed by atoms with E-state index in [0.717, 1.165) is 73.4 Å². The number of nitriles is 1. The van der Waals surface area contributed by atoms with E-state index in [1.807, 2.05) is 31.3 Å². The Morgan fingerprint density at radius 2 is 2.06 bits per heavy atom. The van der Waals surface area contributed by atoms with Gasteiger partial charge in [-0.1, -0.05) is 0 Å². The summed E-state index contributed by atoms with van der Waals surface area (Å²) in [4.78, 5) is 19.8. The summed E-state index contributed by atoms with van der Waals surface area (Å²) in [5.41, 5.74) is 2.22. The summed E-state index contributed by atoms with van der Waals surface area (Å²) < 4.78 is 8.17. The molecule has 35 heavy (non-hydrogen) atoms. The van der Waals surface area contributed by atoms with Gasteiger partial charge in [0.05, 0.1) is 28.8 Å². The fourth-order valence-electron chi connectivity index (χ4n) is 5.98. The standard InChI is InChI=1S/C27H29N5O3/c1-26(34)14-20(15-26)32-7-4-19-13-21(17-29-24(19)32)35-11-10-31-8-5-27(6-9-31)22-12-18(16-28)2-3-23(22)30-25(27)33/h2-4,7,12-13,17,20,34H,5-6,8-11,14-15H2,1H3,(H,30,33)/t20-,26+. The molecule has 1 spiro atoms. The molecule has 1 amide bonds. The molecule has 1 saturated heterocycles. The molecule has 2 aliphatic heterocycles. The van der Waals surface area contributed by atoms with Gasteiger partial charge in [-0.2, -0.15) is 5.26 Å². The van der Waals surface area contributed by atoms with Gasteiger partial charge in [0, 0.05) is 29.9 Å². The summed E-state index contributed by atoms with van der Waals surface area (Å²) in [5.74, 6) is 0.799. The number of anilines is 1. The van der Waals surface area contributed by atoms with Crippen LogP contribution in [0.25, 0.3) is 11.0 Å². The quantitative estimate of drug-likeness (QED) is 0.592. The molecule has 3 aliphatic rings. The number of aromatic nitrogens is 2. The van der Waals surface area contributed by atoms with Crippen LogP contribution in [0.3, 0.4) is 0 Å². The molecule has 2 aromatic heterocycles. The minimum absolute atomic E-state index is 0.0512. The molecular weight excluding hydrogens is 442 g/mol. The second kappa shape index (κ2) is 8.08. The second-order valence-electron chi connectivity index (χ2n) is 10.5. The first kappa shape index (κ1) is 22.1. The Morgan fingerprint density at radius 1 is 1.26 bits per heavy atom. The van der Waals surface area contributed by atoms with Crippen LogP contribution >= 0.6 is 0 Å². The zero-order valence-electron chi connectivity index (χ0n) is 19.8. The summed E-state index contributed by atoms with van der Waals surface area (Å²) in [7, 11) is 0. The number of piperidine rings is 1. The monoisotopic (exact) mass is 471 g/mol. The number of carbonyl (C=O) groups is 1. The number of likely N-dealkylation sites (tertiary alicyclic amines) is 1. The van der Waals surface area contributed by atoms with Gasteiger partial charge in [0.2, 0.25) is 5.91 Å². The Morgan fingerprint density at radius 3 is 2.80 bits per heavy atom. The number of benzene rings is 1. The van der Waals surface area contributed by atoms with Gasteiger partial charge in [0.15, 0.2) is 0 Å². The Hall–Kier alpha value is -3.41. The highest BCUT2D eigenvalue weighted by Crippen LogP contribution is 2.45. The third-order valence-electron chi connectivity index (χ3n) is 8.01. The van der Waals surface area contributed by atoms with E-state index in [1.54, 1.807) is 12.3 Å². The molecule has 0 unspecified atom stereocenters. The molecule has 0 bridgehead atoms. The maximum Gasteiger partial charge on any atom is 0.235 e. The number of nitrogens with zero attached hydrogens (tertiary/aromatic N) is 4. The second-order valence-corrected chi connectivity index (χ2v) is 10.5. The number of rotatable bonds is 5. The normalized spacial score (nSPS) is 25.2. The Kier molecular flexibility index (Phi) is 5.09. The van der Waals surface area contributed by atoms with Crippen molar-refractivity contribution in [3.05, 3.63) is 53.9 Å². The predicted molar refractivity (Wildman–Crippen MR) is 131 cm³/mol. The van der Waals surface area contributed by atoms with E-state index in [4.69, 9.17) is 4.74 Å². The summed E-state index contributed by atoms with van der Waals surface area (Å²) in [6.07, 6.45) is 6.78. The minimum Gasteiger partial charge on any atom is -0.491 e. The molecule has 1 aliphatic carbocycles. The van der Waals surface area contributed by atoms with Crippen molar-refractivity contribution >= 4 is 22.6 Å². The van der Waals surface area contributed by atoms with Gasteiger partial charge in [-0.15, -0.1) is 0 Å². The molecule has 1 saturated carbocycles. The molecule has 2 fully saturated rings. The molecule has 8 heteroatoms. The third-order valence-corrected chi connectivity index (χ3v) is 8.01. The molecule has 1 aromatic carbocycles. The van der Waals surface area contributed by atoms with Gasteiger partial charge in [-0.25, -0.2) is 4.98 Å². The molecular formula is C27H29N5O3. The largest absolute Gasteiger partial charge is 0.491 e. The zero-order chi connectivity index (χ0) is 24.2. The average Bonchev–Trinajstić information content (AvgIpc) is 3.37. The van der Waals surface area contributed by atoms with Crippen LogP contribution in [0.1, 0.15) is 49.8 Å². The van der Waals surface area contributed by atoms with Crippen molar-refractivity contribution in [3.8, 4) is 11.8 Å².